The van der Waals surface area contributed by atoms with E-state index in [0.717, 1.165) is 48.3 Å². The third-order valence-electron chi connectivity index (χ3n) is 11.3. The number of aliphatic hydroxyl groups excluding tert-OH is 1. The Balaban J connectivity index is 1.33. The van der Waals surface area contributed by atoms with Gasteiger partial charge >= 0.3 is 0 Å². The highest BCUT2D eigenvalue weighted by Gasteiger charge is 2.76. The highest BCUT2D eigenvalue weighted by atomic mass is 16.6. The summed E-state index contributed by atoms with van der Waals surface area (Å²) in [6.45, 7) is 12.6. The maximum Gasteiger partial charge on any atom is 0.103 e. The van der Waals surface area contributed by atoms with Gasteiger partial charge in [-0.2, -0.15) is 0 Å². The fraction of sp³-hybridized carbons (Fsp3) is 1.00. The summed E-state index contributed by atoms with van der Waals surface area (Å²) < 4.78 is 6.51. The Bertz CT molecular complexity index is 630. The van der Waals surface area contributed by atoms with Crippen LogP contribution in [-0.2, 0) is 4.74 Å². The van der Waals surface area contributed by atoms with Crippen molar-refractivity contribution >= 4 is 0 Å². The molecule has 0 aromatic heterocycles. The summed E-state index contributed by atoms with van der Waals surface area (Å²) in [5.74, 6) is 5.31. The molecule has 0 radical (unpaired) electrons. The maximum atomic E-state index is 10.4. The van der Waals surface area contributed by atoms with Crippen molar-refractivity contribution in [2.24, 2.45) is 46.3 Å². The molecule has 1 spiro atoms. The minimum Gasteiger partial charge on any atom is -0.393 e. The second-order valence-electron chi connectivity index (χ2n) is 13.0. The third-order valence-corrected chi connectivity index (χ3v) is 11.3. The highest BCUT2D eigenvalue weighted by Crippen LogP contribution is 2.74. The van der Waals surface area contributed by atoms with Crippen molar-refractivity contribution in [2.45, 2.75) is 123 Å². The largest absolute Gasteiger partial charge is 0.393 e. The first-order valence-corrected chi connectivity index (χ1v) is 13.1. The molecule has 0 bridgehead atoms. The van der Waals surface area contributed by atoms with Crippen LogP contribution in [0.3, 0.4) is 0 Å². The lowest BCUT2D eigenvalue weighted by atomic mass is 9.44. The van der Waals surface area contributed by atoms with Crippen molar-refractivity contribution in [3.8, 4) is 0 Å². The van der Waals surface area contributed by atoms with Crippen molar-refractivity contribution in [3.05, 3.63) is 0 Å². The molecule has 10 atom stereocenters. The Morgan fingerprint density at radius 3 is 2.52 bits per heavy atom. The Kier molecular flexibility index (Phi) is 4.99. The minimum atomic E-state index is -0.124. The topological polar surface area (TPSA) is 32.8 Å². The van der Waals surface area contributed by atoms with Crippen LogP contribution in [0.4, 0.5) is 0 Å². The average molecular weight is 403 g/mol. The standard InChI is InChI=1S/C27H46O2/c1-17(2)7-6-8-18(3)21-9-10-22-20-15-24-27(29-24)16-19(28)11-14-26(27,5)23(20)12-13-25(21,22)4/h17-24,28H,6-16H2,1-5H3/t18?,19-,20-,21+,22-,23-,24?,25+,26+,27?/m0/s1. The van der Waals surface area contributed by atoms with Crippen LogP contribution in [0.2, 0.25) is 0 Å². The van der Waals surface area contributed by atoms with E-state index < -0.39 is 0 Å². The molecule has 166 valence electrons. The van der Waals surface area contributed by atoms with Gasteiger partial charge in [-0.1, -0.05) is 53.9 Å². The zero-order valence-corrected chi connectivity index (χ0v) is 19.8. The van der Waals surface area contributed by atoms with Gasteiger partial charge in [0.1, 0.15) is 5.60 Å². The Morgan fingerprint density at radius 2 is 1.76 bits per heavy atom. The van der Waals surface area contributed by atoms with Crippen LogP contribution in [0.15, 0.2) is 0 Å². The van der Waals surface area contributed by atoms with Gasteiger partial charge < -0.3 is 9.84 Å². The molecule has 4 saturated carbocycles. The molecule has 1 heterocycles. The molecule has 0 aromatic rings. The van der Waals surface area contributed by atoms with Crippen LogP contribution < -0.4 is 0 Å². The van der Waals surface area contributed by atoms with Crippen molar-refractivity contribution in [2.75, 3.05) is 0 Å². The van der Waals surface area contributed by atoms with E-state index in [1.807, 2.05) is 0 Å². The number of rotatable bonds is 5. The van der Waals surface area contributed by atoms with E-state index in [2.05, 4.69) is 34.6 Å². The van der Waals surface area contributed by atoms with Crippen LogP contribution in [0, 0.1) is 46.3 Å². The van der Waals surface area contributed by atoms with Gasteiger partial charge in [-0.05, 0) is 85.9 Å². The molecule has 3 unspecified atom stereocenters. The third kappa shape index (κ3) is 2.94. The molecule has 0 aromatic carbocycles. The zero-order chi connectivity index (χ0) is 20.6. The van der Waals surface area contributed by atoms with Crippen molar-refractivity contribution < 1.29 is 9.84 Å². The van der Waals surface area contributed by atoms with E-state index in [1.165, 1.54) is 57.8 Å². The predicted octanol–water partition coefficient (Wildman–Crippen LogP) is 6.60. The Hall–Kier alpha value is -0.0800. The molecule has 2 heteroatoms. The molecule has 1 N–H and O–H groups in total. The SMILES string of the molecule is CC(C)CCCC(C)[C@H]1CC[C@H]2[C@@H]3CC4OC45C[C@@H](O)CC[C@]5(C)[C@H]3CC[C@]12C. The first-order chi connectivity index (χ1) is 13.7. The summed E-state index contributed by atoms with van der Waals surface area (Å²) in [7, 11) is 0. The second kappa shape index (κ2) is 6.96. The molecule has 2 nitrogen and oxygen atoms in total. The van der Waals surface area contributed by atoms with Crippen LogP contribution >= 0.6 is 0 Å². The molecule has 5 rings (SSSR count). The quantitative estimate of drug-likeness (QED) is 0.525. The molecule has 4 aliphatic carbocycles. The van der Waals surface area contributed by atoms with E-state index in [-0.39, 0.29) is 11.7 Å². The van der Waals surface area contributed by atoms with Crippen LogP contribution in [0.5, 0.6) is 0 Å². The van der Waals surface area contributed by atoms with E-state index >= 15 is 0 Å². The summed E-state index contributed by atoms with van der Waals surface area (Å²) in [6.07, 6.45) is 14.8. The van der Waals surface area contributed by atoms with Gasteiger partial charge in [0.2, 0.25) is 0 Å². The summed E-state index contributed by atoms with van der Waals surface area (Å²) in [6, 6.07) is 0. The zero-order valence-electron chi connectivity index (χ0n) is 19.8. The smallest absolute Gasteiger partial charge is 0.103 e. The predicted molar refractivity (Wildman–Crippen MR) is 119 cm³/mol. The highest BCUT2D eigenvalue weighted by molar-refractivity contribution is 5.24. The molecule has 5 fully saturated rings. The first-order valence-electron chi connectivity index (χ1n) is 13.1. The second-order valence-corrected chi connectivity index (χ2v) is 13.0. The lowest BCUT2D eigenvalue weighted by molar-refractivity contribution is -0.116. The number of ether oxygens (including phenoxy) is 1. The number of epoxide rings is 1. The van der Waals surface area contributed by atoms with Gasteiger partial charge in [-0.3, -0.25) is 0 Å². The molecular formula is C27H46O2. The summed E-state index contributed by atoms with van der Waals surface area (Å²) in [5.41, 5.74) is 0.932. The molecule has 0 amide bonds. The number of hydrogen-bond acceptors (Lipinski definition) is 2. The number of fused-ring (bicyclic) bond motifs is 4. The molecule has 29 heavy (non-hydrogen) atoms. The van der Waals surface area contributed by atoms with E-state index in [9.17, 15) is 5.11 Å². The van der Waals surface area contributed by atoms with Crippen molar-refractivity contribution in [1.82, 2.24) is 0 Å². The van der Waals surface area contributed by atoms with Crippen molar-refractivity contribution in [1.29, 1.82) is 0 Å². The normalized spacial score (nSPS) is 54.3. The van der Waals surface area contributed by atoms with Gasteiger partial charge in [0, 0.05) is 11.8 Å². The molecule has 5 aliphatic rings. The van der Waals surface area contributed by atoms with Gasteiger partial charge in [-0.25, -0.2) is 0 Å². The van der Waals surface area contributed by atoms with E-state index in [1.54, 1.807) is 0 Å². The summed E-state index contributed by atoms with van der Waals surface area (Å²) in [4.78, 5) is 0. The average Bonchev–Trinajstić information content (AvgIpc) is 3.22. The van der Waals surface area contributed by atoms with E-state index in [0.29, 0.717) is 16.9 Å². The minimum absolute atomic E-state index is 0.0434. The summed E-state index contributed by atoms with van der Waals surface area (Å²) in [5, 5.41) is 10.4. The lowest BCUT2D eigenvalue weighted by Gasteiger charge is -2.59. The summed E-state index contributed by atoms with van der Waals surface area (Å²) >= 11 is 0. The fourth-order valence-corrected chi connectivity index (χ4v) is 9.68. The monoisotopic (exact) mass is 402 g/mol. The Morgan fingerprint density at radius 1 is 0.966 bits per heavy atom. The maximum absolute atomic E-state index is 10.4. The van der Waals surface area contributed by atoms with Crippen LogP contribution in [0.25, 0.3) is 0 Å². The van der Waals surface area contributed by atoms with Gasteiger partial charge in [0.15, 0.2) is 0 Å². The molecular weight excluding hydrogens is 356 g/mol. The lowest BCUT2D eigenvalue weighted by Crippen LogP contribution is -2.58. The molecule has 1 saturated heterocycles. The van der Waals surface area contributed by atoms with Gasteiger partial charge in [-0.15, -0.1) is 0 Å². The van der Waals surface area contributed by atoms with Crippen LogP contribution in [-0.4, -0.2) is 22.9 Å². The van der Waals surface area contributed by atoms with Gasteiger partial charge in [0.05, 0.1) is 12.2 Å². The Labute approximate surface area is 179 Å². The first kappa shape index (κ1) is 20.8. The van der Waals surface area contributed by atoms with Crippen molar-refractivity contribution in [3.63, 3.8) is 0 Å². The van der Waals surface area contributed by atoms with Gasteiger partial charge in [0.25, 0.3) is 0 Å². The number of aliphatic hydroxyl groups is 1. The fourth-order valence-electron chi connectivity index (χ4n) is 9.68. The van der Waals surface area contributed by atoms with Crippen LogP contribution in [0.1, 0.15) is 105 Å². The number of hydrogen-bond donors (Lipinski definition) is 1. The van der Waals surface area contributed by atoms with E-state index in [4.69, 9.17) is 4.74 Å². The molecule has 1 aliphatic heterocycles.